The molecule has 1 spiro atoms. The molecule has 2 fully saturated rings. The predicted molar refractivity (Wildman–Crippen MR) is 45.6 cm³/mol. The predicted octanol–water partition coefficient (Wildman–Crippen LogP) is 4.39. The third-order valence-electron chi connectivity index (χ3n) is 3.12. The molecule has 2 rings (SSSR count). The molecule has 0 aliphatic carbocycles. The molecule has 17 heteroatoms. The van der Waals surface area contributed by atoms with E-state index in [1.807, 2.05) is 0 Å². The SMILES string of the molecule is FC(F)=C1OC(F)(F)C2(C(F)(F)O1)C(F)(F)OC(C(F)(F)F)OC2(F)F. The van der Waals surface area contributed by atoms with E-state index in [2.05, 4.69) is 18.9 Å². The zero-order valence-corrected chi connectivity index (χ0v) is 11.1. The maximum Gasteiger partial charge on any atom is 0.440 e. The highest BCUT2D eigenvalue weighted by Gasteiger charge is 2.99. The summed E-state index contributed by atoms with van der Waals surface area (Å²) in [5.41, 5.74) is -6.74. The Morgan fingerprint density at radius 2 is 1.04 bits per heavy atom. The van der Waals surface area contributed by atoms with E-state index in [-0.39, 0.29) is 0 Å². The van der Waals surface area contributed by atoms with Gasteiger partial charge in [-0.2, -0.15) is 57.1 Å². The minimum atomic E-state index is -6.76. The summed E-state index contributed by atoms with van der Waals surface area (Å²) < 4.78 is 181. The summed E-state index contributed by atoms with van der Waals surface area (Å²) in [5.74, 6) is -3.12. The minimum absolute atomic E-state index is 2.55. The van der Waals surface area contributed by atoms with E-state index in [1.54, 1.807) is 0 Å². The van der Waals surface area contributed by atoms with Gasteiger partial charge in [-0.3, -0.25) is 9.47 Å². The van der Waals surface area contributed by atoms with Crippen molar-refractivity contribution < 1.29 is 76.0 Å². The number of rotatable bonds is 0. The second-order valence-electron chi connectivity index (χ2n) is 4.68. The molecule has 0 aromatic carbocycles. The summed E-state index contributed by atoms with van der Waals surface area (Å²) >= 11 is 0. The van der Waals surface area contributed by atoms with Gasteiger partial charge >= 0.3 is 48.1 Å². The van der Waals surface area contributed by atoms with Gasteiger partial charge in [0, 0.05) is 0 Å². The van der Waals surface area contributed by atoms with Gasteiger partial charge in [0.1, 0.15) is 0 Å². The van der Waals surface area contributed by atoms with Gasteiger partial charge in [0.15, 0.2) is 0 Å². The van der Waals surface area contributed by atoms with Crippen LogP contribution in [-0.4, -0.2) is 36.9 Å². The molecule has 2 heterocycles. The van der Waals surface area contributed by atoms with E-state index in [1.165, 1.54) is 0 Å². The number of ether oxygens (including phenoxy) is 4. The Labute approximate surface area is 132 Å². The maximum atomic E-state index is 13.7. The van der Waals surface area contributed by atoms with Gasteiger partial charge < -0.3 is 9.47 Å². The topological polar surface area (TPSA) is 36.9 Å². The third-order valence-corrected chi connectivity index (χ3v) is 3.12. The van der Waals surface area contributed by atoms with Gasteiger partial charge in [-0.25, -0.2) is 0 Å². The normalized spacial score (nSPS) is 34.8. The van der Waals surface area contributed by atoms with Crippen molar-refractivity contribution in [2.24, 2.45) is 5.41 Å². The van der Waals surface area contributed by atoms with Crippen molar-refractivity contribution in [3.05, 3.63) is 12.0 Å². The van der Waals surface area contributed by atoms with Crippen molar-refractivity contribution in [1.82, 2.24) is 0 Å². The van der Waals surface area contributed by atoms with Gasteiger partial charge in [-0.05, 0) is 0 Å². The standard InChI is InChI=1S/C9HF13O4/c10-1(11)2-23-6(15,16)5(7(17,18)24-2)8(19,20)25-3(4(12,13)14)26-9(5,21)22/h3H. The summed E-state index contributed by atoms with van der Waals surface area (Å²) in [7, 11) is 0. The lowest BCUT2D eigenvalue weighted by Crippen LogP contribution is -2.80. The van der Waals surface area contributed by atoms with E-state index in [0.717, 1.165) is 0 Å². The van der Waals surface area contributed by atoms with Crippen LogP contribution in [0, 0.1) is 5.41 Å². The highest BCUT2D eigenvalue weighted by Crippen LogP contribution is 2.71. The molecule has 0 aromatic heterocycles. The van der Waals surface area contributed by atoms with Crippen LogP contribution in [0.5, 0.6) is 0 Å². The lowest BCUT2D eigenvalue weighted by Gasteiger charge is -2.54. The van der Waals surface area contributed by atoms with Crippen molar-refractivity contribution in [3.8, 4) is 0 Å². The summed E-state index contributed by atoms with van der Waals surface area (Å²) in [6, 6.07) is 0. The first-order valence-corrected chi connectivity index (χ1v) is 5.69. The molecule has 0 bridgehead atoms. The molecule has 4 nitrogen and oxygen atoms in total. The van der Waals surface area contributed by atoms with E-state index in [9.17, 15) is 57.1 Å². The smallest absolute Gasteiger partial charge is 0.395 e. The Bertz CT molecular complexity index is 580. The molecule has 2 aliphatic rings. The van der Waals surface area contributed by atoms with Crippen LogP contribution in [0.1, 0.15) is 0 Å². The average molecular weight is 420 g/mol. The third kappa shape index (κ3) is 2.46. The monoisotopic (exact) mass is 420 g/mol. The minimum Gasteiger partial charge on any atom is -0.395 e. The fraction of sp³-hybridized carbons (Fsp3) is 0.778. The van der Waals surface area contributed by atoms with Gasteiger partial charge in [0.05, 0.1) is 0 Å². The molecule has 2 saturated heterocycles. The Hall–Kier alpha value is -1.65. The van der Waals surface area contributed by atoms with Crippen LogP contribution in [0.4, 0.5) is 57.1 Å². The van der Waals surface area contributed by atoms with Crippen LogP contribution < -0.4 is 0 Å². The van der Waals surface area contributed by atoms with Crippen molar-refractivity contribution in [3.63, 3.8) is 0 Å². The van der Waals surface area contributed by atoms with Crippen LogP contribution in [-0.2, 0) is 18.9 Å². The molecule has 0 aromatic rings. The first-order chi connectivity index (χ1) is 11.3. The zero-order chi connectivity index (χ0) is 20.6. The van der Waals surface area contributed by atoms with E-state index < -0.39 is 54.3 Å². The zero-order valence-electron chi connectivity index (χ0n) is 11.1. The van der Waals surface area contributed by atoms with Crippen LogP contribution in [0.3, 0.4) is 0 Å². The molecule has 0 unspecified atom stereocenters. The Morgan fingerprint density at radius 1 is 0.692 bits per heavy atom. The average Bonchev–Trinajstić information content (AvgIpc) is 2.31. The Kier molecular flexibility index (Phi) is 4.13. The van der Waals surface area contributed by atoms with Crippen LogP contribution in [0.25, 0.3) is 0 Å². The van der Waals surface area contributed by atoms with E-state index in [4.69, 9.17) is 0 Å². The van der Waals surface area contributed by atoms with Gasteiger partial charge in [-0.15, -0.1) is 0 Å². The molecule has 2 aliphatic heterocycles. The highest BCUT2D eigenvalue weighted by molar-refractivity contribution is 5.13. The second kappa shape index (κ2) is 5.20. The Balaban J connectivity index is 2.74. The van der Waals surface area contributed by atoms with Crippen LogP contribution in [0.2, 0.25) is 0 Å². The van der Waals surface area contributed by atoms with Crippen LogP contribution in [0.15, 0.2) is 12.0 Å². The molecule has 0 radical (unpaired) electrons. The van der Waals surface area contributed by atoms with Crippen molar-refractivity contribution in [2.75, 3.05) is 0 Å². The lowest BCUT2D eigenvalue weighted by molar-refractivity contribution is -0.634. The van der Waals surface area contributed by atoms with Gasteiger partial charge in [-0.1, -0.05) is 0 Å². The molecular weight excluding hydrogens is 419 g/mol. The molecule has 26 heavy (non-hydrogen) atoms. The van der Waals surface area contributed by atoms with Crippen molar-refractivity contribution in [1.29, 1.82) is 0 Å². The van der Waals surface area contributed by atoms with Gasteiger partial charge in [0.25, 0.3) is 6.29 Å². The fourth-order valence-corrected chi connectivity index (χ4v) is 2.10. The highest BCUT2D eigenvalue weighted by atomic mass is 19.4. The summed E-state index contributed by atoms with van der Waals surface area (Å²) in [6.07, 6.45) is -41.3. The molecule has 152 valence electrons. The number of alkyl halides is 11. The lowest BCUT2D eigenvalue weighted by atomic mass is 9.80. The van der Waals surface area contributed by atoms with E-state index in [0.29, 0.717) is 0 Å². The first-order valence-electron chi connectivity index (χ1n) is 5.69. The molecule has 0 N–H and O–H groups in total. The quantitative estimate of drug-likeness (QED) is 0.545. The summed E-state index contributed by atoms with van der Waals surface area (Å²) in [4.78, 5) is 0. The van der Waals surface area contributed by atoms with E-state index >= 15 is 0 Å². The molecule has 0 amide bonds. The van der Waals surface area contributed by atoms with Crippen molar-refractivity contribution in [2.45, 2.75) is 36.9 Å². The van der Waals surface area contributed by atoms with Crippen LogP contribution >= 0.6 is 0 Å². The number of hydrogen-bond donors (Lipinski definition) is 0. The van der Waals surface area contributed by atoms with Crippen molar-refractivity contribution >= 4 is 0 Å². The molecule has 0 atom stereocenters. The Morgan fingerprint density at radius 3 is 1.31 bits per heavy atom. The van der Waals surface area contributed by atoms with Gasteiger partial charge in [0.2, 0.25) is 0 Å². The number of hydrogen-bond acceptors (Lipinski definition) is 4. The second-order valence-corrected chi connectivity index (χ2v) is 4.68. The first kappa shape index (κ1) is 20.7. The largest absolute Gasteiger partial charge is 0.440 e. The fourth-order valence-electron chi connectivity index (χ4n) is 2.10. The molecular formula is C9HF13O4. The number of halogens is 13. The summed E-state index contributed by atoms with van der Waals surface area (Å²) in [5, 5.41) is 0. The molecule has 0 saturated carbocycles. The maximum absolute atomic E-state index is 13.7. The summed E-state index contributed by atoms with van der Waals surface area (Å²) in [6.45, 7) is 0.